The van der Waals surface area contributed by atoms with E-state index in [1.54, 1.807) is 25.1 Å². The smallest absolute Gasteiger partial charge is 0.320 e. The third-order valence-corrected chi connectivity index (χ3v) is 7.29. The van der Waals surface area contributed by atoms with E-state index in [-0.39, 0.29) is 0 Å². The minimum atomic E-state index is -1.03. The van der Waals surface area contributed by atoms with Gasteiger partial charge in [0, 0.05) is 25.6 Å². The molecule has 0 amide bonds. The molecule has 1 aliphatic rings. The summed E-state index contributed by atoms with van der Waals surface area (Å²) in [5.41, 5.74) is 2.68. The van der Waals surface area contributed by atoms with Gasteiger partial charge in [-0.1, -0.05) is 30.1 Å². The maximum absolute atomic E-state index is 11.1. The number of nitrogens with zero attached hydrogens (tertiary/aromatic N) is 4. The van der Waals surface area contributed by atoms with Crippen LogP contribution in [0, 0.1) is 12.8 Å². The van der Waals surface area contributed by atoms with Gasteiger partial charge in [-0.3, -0.25) is 9.69 Å². The molecule has 2 atom stereocenters. The Labute approximate surface area is 229 Å². The number of carboxylic acids is 1. The van der Waals surface area contributed by atoms with Crippen LogP contribution in [0.25, 0.3) is 11.5 Å². The number of likely N-dealkylation sites (N-methyl/N-ethyl adjacent to an activating group) is 1. The number of rotatable bonds is 14. The predicted molar refractivity (Wildman–Crippen MR) is 145 cm³/mol. The molecule has 3 aromatic rings. The van der Waals surface area contributed by atoms with Gasteiger partial charge >= 0.3 is 5.97 Å². The molecule has 1 aliphatic carbocycles. The molecule has 0 bridgehead atoms. The van der Waals surface area contributed by atoms with Gasteiger partial charge in [0.2, 0.25) is 5.88 Å². The second-order valence-corrected chi connectivity index (χ2v) is 10.3. The zero-order valence-electron chi connectivity index (χ0n) is 22.9. The highest BCUT2D eigenvalue weighted by Crippen LogP contribution is 2.30. The van der Waals surface area contributed by atoms with Crippen LogP contribution in [0.15, 0.2) is 41.1 Å². The molecule has 0 aliphatic heterocycles. The molecule has 1 saturated carbocycles. The second kappa shape index (κ2) is 13.5. The van der Waals surface area contributed by atoms with E-state index in [0.29, 0.717) is 67.2 Å². The first-order chi connectivity index (χ1) is 18.8. The topological polar surface area (TPSA) is 131 Å². The van der Waals surface area contributed by atoms with Crippen LogP contribution in [0.5, 0.6) is 11.6 Å². The van der Waals surface area contributed by atoms with Crippen molar-refractivity contribution in [3.8, 4) is 23.1 Å². The molecule has 39 heavy (non-hydrogen) atoms. The number of hydrogen-bond acceptors (Lipinski definition) is 9. The van der Waals surface area contributed by atoms with Gasteiger partial charge in [-0.2, -0.15) is 4.98 Å². The third-order valence-electron chi connectivity index (χ3n) is 7.29. The summed E-state index contributed by atoms with van der Waals surface area (Å²) in [7, 11) is 1.71. The number of aliphatic hydroxyl groups is 1. The monoisotopic (exact) mass is 538 g/mol. The number of carboxylic acid groups (broad SMARTS) is 1. The molecular weight excluding hydrogens is 500 g/mol. The van der Waals surface area contributed by atoms with E-state index in [9.17, 15) is 9.90 Å². The Morgan fingerprint density at radius 1 is 1.23 bits per heavy atom. The van der Waals surface area contributed by atoms with Crippen molar-refractivity contribution in [1.82, 2.24) is 20.0 Å². The van der Waals surface area contributed by atoms with Gasteiger partial charge in [0.1, 0.15) is 17.4 Å². The van der Waals surface area contributed by atoms with Crippen molar-refractivity contribution in [2.45, 2.75) is 71.1 Å². The Bertz CT molecular complexity index is 1230. The molecule has 2 heterocycles. The number of hydrogen-bond donors (Lipinski definition) is 2. The molecule has 0 radical (unpaired) electrons. The summed E-state index contributed by atoms with van der Waals surface area (Å²) >= 11 is 0. The van der Waals surface area contributed by atoms with Crippen LogP contribution in [0.3, 0.4) is 0 Å². The molecule has 1 fully saturated rings. The van der Waals surface area contributed by atoms with E-state index in [2.05, 4.69) is 15.1 Å². The summed E-state index contributed by atoms with van der Waals surface area (Å²) in [6.07, 6.45) is 7.20. The van der Waals surface area contributed by atoms with E-state index in [4.69, 9.17) is 19.1 Å². The number of carbonyl (C=O) groups is 1. The zero-order chi connectivity index (χ0) is 27.8. The minimum Gasteiger partial charge on any atom is -0.480 e. The highest BCUT2D eigenvalue weighted by atomic mass is 16.6. The molecule has 10 heteroatoms. The molecule has 1 unspecified atom stereocenters. The number of ether oxygens (including phenoxy) is 2. The lowest BCUT2D eigenvalue weighted by molar-refractivity contribution is -0.142. The van der Waals surface area contributed by atoms with Gasteiger partial charge in [0.15, 0.2) is 12.1 Å². The van der Waals surface area contributed by atoms with Crippen molar-refractivity contribution < 1.29 is 29.0 Å². The summed E-state index contributed by atoms with van der Waals surface area (Å²) < 4.78 is 17.3. The number of aryl methyl sites for hydroxylation is 3. The van der Waals surface area contributed by atoms with Crippen LogP contribution in [0.2, 0.25) is 0 Å². The van der Waals surface area contributed by atoms with E-state index in [1.165, 1.54) is 25.7 Å². The molecule has 2 aromatic heterocycles. The van der Waals surface area contributed by atoms with Gasteiger partial charge in [0.05, 0.1) is 6.61 Å². The molecular formula is C29H38N4O6. The number of aliphatic hydroxyl groups excluding tert-OH is 1. The molecule has 210 valence electrons. The first-order valence-corrected chi connectivity index (χ1v) is 13.6. The molecule has 0 saturated heterocycles. The fourth-order valence-corrected chi connectivity index (χ4v) is 4.66. The Kier molecular flexibility index (Phi) is 9.89. The van der Waals surface area contributed by atoms with E-state index in [0.717, 1.165) is 11.1 Å². The lowest BCUT2D eigenvalue weighted by Crippen LogP contribution is -2.38. The van der Waals surface area contributed by atoms with Crippen molar-refractivity contribution in [3.05, 3.63) is 53.5 Å². The first kappa shape index (κ1) is 28.5. The number of benzene rings is 1. The van der Waals surface area contributed by atoms with Gasteiger partial charge in [-0.05, 0) is 75.4 Å². The van der Waals surface area contributed by atoms with Gasteiger partial charge in [-0.25, -0.2) is 4.98 Å². The van der Waals surface area contributed by atoms with Crippen LogP contribution >= 0.6 is 0 Å². The van der Waals surface area contributed by atoms with Crippen LogP contribution in [-0.2, 0) is 17.6 Å². The van der Waals surface area contributed by atoms with Crippen molar-refractivity contribution >= 4 is 5.97 Å². The Balaban J connectivity index is 1.29. The third kappa shape index (κ3) is 8.00. The van der Waals surface area contributed by atoms with Crippen molar-refractivity contribution in [1.29, 1.82) is 0 Å². The van der Waals surface area contributed by atoms with Gasteiger partial charge in [-0.15, -0.1) is 0 Å². The average molecular weight is 539 g/mol. The lowest BCUT2D eigenvalue weighted by atomic mass is 10.1. The quantitative estimate of drug-likeness (QED) is 0.287. The van der Waals surface area contributed by atoms with Crippen LogP contribution in [0.1, 0.15) is 56.0 Å². The molecule has 1 aromatic carbocycles. The normalized spacial score (nSPS) is 15.4. The Hall–Kier alpha value is -3.50. The maximum Gasteiger partial charge on any atom is 0.320 e. The summed E-state index contributed by atoms with van der Waals surface area (Å²) in [5.74, 6) is 1.79. The summed E-state index contributed by atoms with van der Waals surface area (Å²) in [4.78, 5) is 21.7. The van der Waals surface area contributed by atoms with E-state index in [1.807, 2.05) is 37.3 Å². The Morgan fingerprint density at radius 2 is 2.03 bits per heavy atom. The van der Waals surface area contributed by atoms with E-state index >= 15 is 0 Å². The van der Waals surface area contributed by atoms with Crippen LogP contribution in [0.4, 0.5) is 0 Å². The van der Waals surface area contributed by atoms with Crippen LogP contribution < -0.4 is 9.47 Å². The first-order valence-electron chi connectivity index (χ1n) is 13.6. The van der Waals surface area contributed by atoms with Crippen molar-refractivity contribution in [3.63, 3.8) is 0 Å². The zero-order valence-corrected chi connectivity index (χ0v) is 22.9. The van der Waals surface area contributed by atoms with Crippen molar-refractivity contribution in [2.75, 3.05) is 20.2 Å². The predicted octanol–water partition coefficient (Wildman–Crippen LogP) is 4.29. The standard InChI is InChI=1S/C29H38N4O6/c1-19-17-21(10-12-24(19)38-26(34)14-16-33(3)20(2)29(35)36)11-13-25-31-28(39-32-25)23-9-6-15-30-27(23)37-18-22-7-4-5-8-22/h6,9-10,12,15,17,20,22,26,34H,4-5,7-8,11,13-14,16,18H2,1-3H3,(H,35,36)/t20-,26?/m1/s1. The fourth-order valence-electron chi connectivity index (χ4n) is 4.66. The highest BCUT2D eigenvalue weighted by Gasteiger charge is 2.20. The number of aromatic nitrogens is 3. The summed E-state index contributed by atoms with van der Waals surface area (Å²) in [5, 5.41) is 23.5. The molecule has 10 nitrogen and oxygen atoms in total. The fraction of sp³-hybridized carbons (Fsp3) is 0.517. The van der Waals surface area contributed by atoms with Gasteiger partial charge in [0.25, 0.3) is 5.89 Å². The van der Waals surface area contributed by atoms with E-state index < -0.39 is 18.3 Å². The SMILES string of the molecule is Cc1cc(CCc2noc(-c3cccnc3OCC3CCCC3)n2)ccc1OC(O)CCN(C)[C@H](C)C(=O)O. The van der Waals surface area contributed by atoms with Crippen LogP contribution in [-0.4, -0.2) is 68.7 Å². The lowest BCUT2D eigenvalue weighted by Gasteiger charge is -2.23. The highest BCUT2D eigenvalue weighted by molar-refractivity contribution is 5.72. The number of aliphatic carboxylic acids is 1. The summed E-state index contributed by atoms with van der Waals surface area (Å²) in [6, 6.07) is 8.88. The largest absolute Gasteiger partial charge is 0.480 e. The molecule has 4 rings (SSSR count). The van der Waals surface area contributed by atoms with Crippen molar-refractivity contribution in [2.24, 2.45) is 5.92 Å². The number of pyridine rings is 1. The minimum absolute atomic E-state index is 0.291. The van der Waals surface area contributed by atoms with Gasteiger partial charge < -0.3 is 24.2 Å². The average Bonchev–Trinajstić information content (AvgIpc) is 3.63. The molecule has 2 N–H and O–H groups in total. The molecule has 0 spiro atoms. The Morgan fingerprint density at radius 3 is 2.77 bits per heavy atom. The second-order valence-electron chi connectivity index (χ2n) is 10.3. The summed E-state index contributed by atoms with van der Waals surface area (Å²) in [6.45, 7) is 4.58. The maximum atomic E-state index is 11.1.